The first-order valence-corrected chi connectivity index (χ1v) is 11.7. The Morgan fingerprint density at radius 2 is 2.03 bits per heavy atom. The van der Waals surface area contributed by atoms with Crippen molar-refractivity contribution < 1.29 is 9.90 Å². The maximum atomic E-state index is 11.7. The van der Waals surface area contributed by atoms with E-state index in [1.165, 1.54) is 5.56 Å². The second-order valence-corrected chi connectivity index (χ2v) is 9.71. The first-order valence-electron chi connectivity index (χ1n) is 9.56. The average molecular weight is 467 g/mol. The van der Waals surface area contributed by atoms with E-state index in [0.29, 0.717) is 23.0 Å². The molecule has 0 saturated heterocycles. The Hall–Kier alpha value is -3.01. The van der Waals surface area contributed by atoms with Gasteiger partial charge >= 0.3 is 5.97 Å². The summed E-state index contributed by atoms with van der Waals surface area (Å²) in [5.74, 6) is -1.03. The molecule has 31 heavy (non-hydrogen) atoms. The van der Waals surface area contributed by atoms with E-state index in [9.17, 15) is 9.90 Å². The van der Waals surface area contributed by atoms with E-state index in [4.69, 9.17) is 22.9 Å². The number of thiophene rings is 2. The second-order valence-electron chi connectivity index (χ2n) is 7.37. The number of thiocarbonyl (C=S) groups is 1. The molecule has 1 aromatic carbocycles. The summed E-state index contributed by atoms with van der Waals surface area (Å²) in [5.41, 5.74) is 11.6. The standard InChI is InChI=1S/C22H18N4O2S3/c1-11-4-6-12(7-5-11)24-22(29)26-9-13-14(10-26)25-20-17(16(13)15-3-2-8-30-15)18(23)19(31-20)21(27)28/h2-8H,9-10,23H2,1H3,(H,24,29)(H,27,28). The topological polar surface area (TPSA) is 91.5 Å². The van der Waals surface area contributed by atoms with Gasteiger partial charge in [-0.25, -0.2) is 9.78 Å². The molecule has 0 saturated carbocycles. The van der Waals surface area contributed by atoms with Gasteiger partial charge in [-0.15, -0.1) is 22.7 Å². The lowest BCUT2D eigenvalue weighted by Crippen LogP contribution is -2.30. The van der Waals surface area contributed by atoms with E-state index in [-0.39, 0.29) is 10.6 Å². The number of nitrogens with one attached hydrogen (secondary N) is 1. The third kappa shape index (κ3) is 3.44. The van der Waals surface area contributed by atoms with E-state index in [0.717, 1.165) is 44.1 Å². The number of carboxylic acid groups (broad SMARTS) is 1. The van der Waals surface area contributed by atoms with Gasteiger partial charge in [0.1, 0.15) is 9.71 Å². The summed E-state index contributed by atoms with van der Waals surface area (Å²) in [7, 11) is 0. The van der Waals surface area contributed by atoms with E-state index in [1.807, 2.05) is 48.7 Å². The number of fused-ring (bicyclic) bond motifs is 2. The number of nitrogens with zero attached hydrogens (tertiary/aromatic N) is 2. The van der Waals surface area contributed by atoms with Gasteiger partial charge in [0.15, 0.2) is 5.11 Å². The van der Waals surface area contributed by atoms with Crippen molar-refractivity contribution in [1.82, 2.24) is 9.88 Å². The highest BCUT2D eigenvalue weighted by atomic mass is 32.1. The zero-order valence-electron chi connectivity index (χ0n) is 16.5. The van der Waals surface area contributed by atoms with Crippen LogP contribution in [0.25, 0.3) is 20.7 Å². The maximum absolute atomic E-state index is 11.7. The molecule has 0 aliphatic carbocycles. The van der Waals surface area contributed by atoms with Crippen LogP contribution in [0.2, 0.25) is 0 Å². The van der Waals surface area contributed by atoms with Gasteiger partial charge < -0.3 is 21.1 Å². The van der Waals surface area contributed by atoms with E-state index >= 15 is 0 Å². The number of pyridine rings is 1. The zero-order chi connectivity index (χ0) is 21.7. The van der Waals surface area contributed by atoms with Crippen molar-refractivity contribution in [1.29, 1.82) is 0 Å². The van der Waals surface area contributed by atoms with Crippen molar-refractivity contribution in [3.63, 3.8) is 0 Å². The Morgan fingerprint density at radius 1 is 1.26 bits per heavy atom. The van der Waals surface area contributed by atoms with Crippen LogP contribution in [0.1, 0.15) is 26.5 Å². The summed E-state index contributed by atoms with van der Waals surface area (Å²) in [6, 6.07) is 12.1. The molecule has 0 radical (unpaired) electrons. The molecule has 0 unspecified atom stereocenters. The first-order chi connectivity index (χ1) is 14.9. The Kier molecular flexibility index (Phi) is 4.88. The van der Waals surface area contributed by atoms with E-state index in [2.05, 4.69) is 10.2 Å². The van der Waals surface area contributed by atoms with Crippen molar-refractivity contribution in [2.24, 2.45) is 0 Å². The van der Waals surface area contributed by atoms with Crippen LogP contribution < -0.4 is 11.1 Å². The van der Waals surface area contributed by atoms with Gasteiger partial charge in [0.25, 0.3) is 0 Å². The zero-order valence-corrected chi connectivity index (χ0v) is 19.0. The molecule has 0 fully saturated rings. The Balaban J connectivity index is 1.56. The number of nitrogen functional groups attached to an aromatic ring is 1. The van der Waals surface area contributed by atoms with Crippen LogP contribution >= 0.6 is 34.9 Å². The van der Waals surface area contributed by atoms with Gasteiger partial charge in [-0.1, -0.05) is 23.8 Å². The predicted octanol–water partition coefficient (Wildman–Crippen LogP) is 5.33. The smallest absolute Gasteiger partial charge is 0.348 e. The fourth-order valence-electron chi connectivity index (χ4n) is 3.80. The number of benzene rings is 1. The highest BCUT2D eigenvalue weighted by Crippen LogP contribution is 2.45. The van der Waals surface area contributed by atoms with Crippen LogP contribution in [-0.4, -0.2) is 26.1 Å². The monoisotopic (exact) mass is 466 g/mol. The van der Waals surface area contributed by atoms with Crippen LogP contribution in [-0.2, 0) is 13.1 Å². The lowest BCUT2D eigenvalue weighted by molar-refractivity contribution is 0.0703. The van der Waals surface area contributed by atoms with Gasteiger partial charge in [-0.2, -0.15) is 0 Å². The van der Waals surface area contributed by atoms with Crippen molar-refractivity contribution in [3.8, 4) is 10.4 Å². The SMILES string of the molecule is Cc1ccc(NC(=S)N2Cc3nc4sc(C(=O)O)c(N)c4c(-c4cccs4)c3C2)cc1. The van der Waals surface area contributed by atoms with Crippen LogP contribution in [0.3, 0.4) is 0 Å². The number of anilines is 2. The number of rotatable bonds is 3. The molecule has 1 aliphatic heterocycles. The predicted molar refractivity (Wildman–Crippen MR) is 131 cm³/mol. The average Bonchev–Trinajstić information content (AvgIpc) is 3.47. The molecule has 156 valence electrons. The largest absolute Gasteiger partial charge is 0.477 e. The van der Waals surface area contributed by atoms with E-state index in [1.54, 1.807) is 11.3 Å². The molecule has 0 bridgehead atoms. The minimum Gasteiger partial charge on any atom is -0.477 e. The quantitative estimate of drug-likeness (QED) is 0.352. The molecule has 4 aromatic rings. The molecule has 0 spiro atoms. The summed E-state index contributed by atoms with van der Waals surface area (Å²) in [6.07, 6.45) is 0. The molecular formula is C22H18N4O2S3. The lowest BCUT2D eigenvalue weighted by atomic mass is 10.0. The van der Waals surface area contributed by atoms with Crippen molar-refractivity contribution >= 4 is 67.6 Å². The summed E-state index contributed by atoms with van der Waals surface area (Å²) in [6.45, 7) is 3.19. The molecular weight excluding hydrogens is 448 g/mol. The summed E-state index contributed by atoms with van der Waals surface area (Å²) in [4.78, 5) is 20.3. The molecule has 1 aliphatic rings. The third-order valence-electron chi connectivity index (χ3n) is 5.30. The number of carboxylic acids is 1. The maximum Gasteiger partial charge on any atom is 0.348 e. The molecule has 4 N–H and O–H groups in total. The number of carbonyl (C=O) groups is 1. The van der Waals surface area contributed by atoms with Crippen LogP contribution in [0.5, 0.6) is 0 Å². The number of aryl methyl sites for hydroxylation is 1. The number of hydrogen-bond donors (Lipinski definition) is 3. The molecule has 4 heterocycles. The van der Waals surface area contributed by atoms with Gasteiger partial charge in [-0.3, -0.25) is 0 Å². The Labute approximate surface area is 192 Å². The third-order valence-corrected chi connectivity index (χ3v) is 7.64. The number of aromatic nitrogens is 1. The van der Waals surface area contributed by atoms with Crippen molar-refractivity contribution in [3.05, 3.63) is 63.5 Å². The summed E-state index contributed by atoms with van der Waals surface area (Å²) >= 11 is 8.40. The van der Waals surface area contributed by atoms with Gasteiger partial charge in [0.05, 0.1) is 17.9 Å². The summed E-state index contributed by atoms with van der Waals surface area (Å²) in [5, 5.41) is 16.2. The minimum atomic E-state index is -1.03. The molecule has 0 atom stereocenters. The molecule has 3 aromatic heterocycles. The van der Waals surface area contributed by atoms with Crippen LogP contribution in [0.15, 0.2) is 41.8 Å². The molecule has 6 nitrogen and oxygen atoms in total. The normalized spacial score (nSPS) is 12.9. The Morgan fingerprint density at radius 3 is 2.71 bits per heavy atom. The molecule has 5 rings (SSSR count). The van der Waals surface area contributed by atoms with Gasteiger partial charge in [0, 0.05) is 33.6 Å². The highest BCUT2D eigenvalue weighted by molar-refractivity contribution is 7.80. The van der Waals surface area contributed by atoms with E-state index < -0.39 is 5.97 Å². The summed E-state index contributed by atoms with van der Waals surface area (Å²) < 4.78 is 0. The fraction of sp³-hybridized carbons (Fsp3) is 0.136. The lowest BCUT2D eigenvalue weighted by Gasteiger charge is -2.19. The van der Waals surface area contributed by atoms with Crippen molar-refractivity contribution in [2.45, 2.75) is 20.0 Å². The fourth-order valence-corrected chi connectivity index (χ4v) is 5.81. The van der Waals surface area contributed by atoms with Gasteiger partial charge in [0.2, 0.25) is 0 Å². The number of nitrogens with two attached hydrogens (primary N) is 1. The number of hydrogen-bond acceptors (Lipinski definition) is 6. The Bertz CT molecular complexity index is 1330. The highest BCUT2D eigenvalue weighted by Gasteiger charge is 2.30. The van der Waals surface area contributed by atoms with Gasteiger partial charge in [-0.05, 0) is 42.7 Å². The molecule has 9 heteroatoms. The van der Waals surface area contributed by atoms with Crippen LogP contribution in [0, 0.1) is 6.92 Å². The van der Waals surface area contributed by atoms with Crippen LogP contribution in [0.4, 0.5) is 11.4 Å². The second kappa shape index (κ2) is 7.60. The minimum absolute atomic E-state index is 0.136. The first kappa shape index (κ1) is 19.9. The van der Waals surface area contributed by atoms with Crippen molar-refractivity contribution in [2.75, 3.05) is 11.1 Å². The molecule has 0 amide bonds. The number of aromatic carboxylic acids is 1.